The molecule has 6 atom stereocenters. The van der Waals surface area contributed by atoms with Crippen LogP contribution in [0.4, 0.5) is 0 Å². The van der Waals surface area contributed by atoms with Gasteiger partial charge in [0.1, 0.15) is 29.0 Å². The lowest BCUT2D eigenvalue weighted by Gasteiger charge is -2.40. The summed E-state index contributed by atoms with van der Waals surface area (Å²) in [6, 6.07) is 4.48. The molecule has 0 bridgehead atoms. The van der Waals surface area contributed by atoms with E-state index in [-0.39, 0.29) is 53.1 Å². The number of phenolic OH excluding ortho intramolecular Hbond substituents is 2. The van der Waals surface area contributed by atoms with Crippen LogP contribution in [0.15, 0.2) is 18.2 Å². The molecule has 6 rings (SSSR count). The highest BCUT2D eigenvalue weighted by atomic mass is 16.8. The molecule has 0 amide bonds. The number of fused-ring (bicyclic) bond motifs is 4. The summed E-state index contributed by atoms with van der Waals surface area (Å²) in [5.74, 6) is -3.03. The maximum absolute atomic E-state index is 13.6. The van der Waals surface area contributed by atoms with Gasteiger partial charge in [0, 0.05) is 43.1 Å². The van der Waals surface area contributed by atoms with E-state index in [2.05, 4.69) is 0 Å². The van der Waals surface area contributed by atoms with E-state index in [0.29, 0.717) is 0 Å². The Kier molecular flexibility index (Phi) is 5.64. The number of phenols is 2. The van der Waals surface area contributed by atoms with Gasteiger partial charge in [0.05, 0.1) is 36.0 Å². The lowest BCUT2D eigenvalue weighted by molar-refractivity contribution is -0.225. The number of ketones is 3. The van der Waals surface area contributed by atoms with E-state index in [1.54, 1.807) is 0 Å². The first-order valence-electron chi connectivity index (χ1n) is 12.2. The summed E-state index contributed by atoms with van der Waals surface area (Å²) in [6.07, 6.45) is -3.57. The van der Waals surface area contributed by atoms with Crippen LogP contribution in [0.2, 0.25) is 0 Å². The molecule has 3 N–H and O–H groups in total. The Labute approximate surface area is 216 Å². The van der Waals surface area contributed by atoms with Gasteiger partial charge >= 0.3 is 0 Å². The van der Waals surface area contributed by atoms with Crippen LogP contribution in [-0.4, -0.2) is 77.3 Å². The molecule has 4 unspecified atom stereocenters. The smallest absolute Gasteiger partial charge is 0.202 e. The van der Waals surface area contributed by atoms with Crippen molar-refractivity contribution in [3.63, 3.8) is 0 Å². The molecule has 0 aromatic heterocycles. The van der Waals surface area contributed by atoms with Crippen LogP contribution >= 0.6 is 0 Å². The van der Waals surface area contributed by atoms with E-state index in [9.17, 15) is 29.7 Å². The number of benzene rings is 2. The number of aromatic hydroxyl groups is 2. The molecular weight excluding hydrogens is 500 g/mol. The molecule has 2 fully saturated rings. The minimum atomic E-state index is -1.97. The number of epoxide rings is 1. The molecule has 0 spiro atoms. The zero-order chi connectivity index (χ0) is 27.1. The van der Waals surface area contributed by atoms with Gasteiger partial charge in [-0.1, -0.05) is 12.1 Å². The Balaban J connectivity index is 1.50. The molecule has 2 aromatic carbocycles. The largest absolute Gasteiger partial charge is 0.507 e. The first-order chi connectivity index (χ1) is 18.1. The number of methoxy groups -OCH3 is 2. The SMILES string of the molecule is COc1cccc2c1C(=O)c1c(O)c3c(c(O)c1C2=O)C[C@@](O)(C(C)=O)C[C@@H]3OC1CC(OC)C2OC2O1. The number of rotatable bonds is 5. The fourth-order valence-corrected chi connectivity index (χ4v) is 5.81. The average molecular weight is 526 g/mol. The monoisotopic (exact) mass is 526 g/mol. The molecule has 38 heavy (non-hydrogen) atoms. The maximum Gasteiger partial charge on any atom is 0.202 e. The number of hydrogen-bond acceptors (Lipinski definition) is 11. The van der Waals surface area contributed by atoms with E-state index in [1.807, 2.05) is 0 Å². The molecule has 200 valence electrons. The Morgan fingerprint density at radius 2 is 1.79 bits per heavy atom. The molecule has 4 aliphatic rings. The summed E-state index contributed by atoms with van der Waals surface area (Å²) in [5, 5.41) is 34.1. The number of aliphatic hydroxyl groups is 1. The van der Waals surface area contributed by atoms with Crippen molar-refractivity contribution in [3.05, 3.63) is 51.6 Å². The first-order valence-corrected chi connectivity index (χ1v) is 12.2. The summed E-state index contributed by atoms with van der Waals surface area (Å²) in [4.78, 5) is 39.7. The number of ether oxygens (including phenoxy) is 5. The number of carbonyl (C=O) groups excluding carboxylic acids is 3. The number of Topliss-reactive ketones (excluding diaryl/α,β-unsaturated/α-hetero) is 1. The molecule has 0 radical (unpaired) electrons. The van der Waals surface area contributed by atoms with Crippen molar-refractivity contribution in [1.29, 1.82) is 0 Å². The van der Waals surface area contributed by atoms with Crippen LogP contribution in [-0.2, 0) is 30.2 Å². The van der Waals surface area contributed by atoms with Gasteiger partial charge in [0.25, 0.3) is 0 Å². The number of carbonyl (C=O) groups is 3. The Bertz CT molecular complexity index is 1400. The summed E-state index contributed by atoms with van der Waals surface area (Å²) in [6.45, 7) is 1.20. The van der Waals surface area contributed by atoms with Gasteiger partial charge < -0.3 is 39.0 Å². The minimum absolute atomic E-state index is 0.00198. The second-order valence-corrected chi connectivity index (χ2v) is 10.0. The molecule has 2 aliphatic carbocycles. The molecule has 2 aliphatic heterocycles. The average Bonchev–Trinajstić information content (AvgIpc) is 3.67. The van der Waals surface area contributed by atoms with E-state index in [0.717, 1.165) is 0 Å². The maximum atomic E-state index is 13.6. The van der Waals surface area contributed by atoms with Crippen LogP contribution in [0.5, 0.6) is 17.2 Å². The fraction of sp³-hybridized carbons (Fsp3) is 0.444. The molecular formula is C27H26O11. The van der Waals surface area contributed by atoms with Crippen molar-refractivity contribution in [2.45, 2.75) is 62.7 Å². The van der Waals surface area contributed by atoms with Crippen LogP contribution in [0, 0.1) is 0 Å². The topological polar surface area (TPSA) is 161 Å². The summed E-state index contributed by atoms with van der Waals surface area (Å²) >= 11 is 0. The minimum Gasteiger partial charge on any atom is -0.507 e. The zero-order valence-corrected chi connectivity index (χ0v) is 20.8. The predicted octanol–water partition coefficient (Wildman–Crippen LogP) is 1.69. The lowest BCUT2D eigenvalue weighted by atomic mass is 9.72. The van der Waals surface area contributed by atoms with Crippen LogP contribution in [0.25, 0.3) is 0 Å². The Morgan fingerprint density at radius 1 is 1.05 bits per heavy atom. The molecule has 11 heteroatoms. The quantitative estimate of drug-likeness (QED) is 0.328. The summed E-state index contributed by atoms with van der Waals surface area (Å²) in [5.41, 5.74) is -2.85. The lowest BCUT2D eigenvalue weighted by Crippen LogP contribution is -2.46. The van der Waals surface area contributed by atoms with Crippen molar-refractivity contribution in [2.75, 3.05) is 14.2 Å². The number of hydrogen-bond donors (Lipinski definition) is 3. The van der Waals surface area contributed by atoms with Crippen LogP contribution in [0.1, 0.15) is 68.8 Å². The second-order valence-electron chi connectivity index (χ2n) is 10.0. The summed E-state index contributed by atoms with van der Waals surface area (Å²) < 4.78 is 28.1. The van der Waals surface area contributed by atoms with Gasteiger partial charge in [-0.2, -0.15) is 0 Å². The third-order valence-corrected chi connectivity index (χ3v) is 7.91. The van der Waals surface area contributed by atoms with Crippen molar-refractivity contribution >= 4 is 17.3 Å². The second kappa shape index (κ2) is 8.58. The summed E-state index contributed by atoms with van der Waals surface area (Å²) in [7, 11) is 2.88. The highest BCUT2D eigenvalue weighted by molar-refractivity contribution is 6.31. The van der Waals surface area contributed by atoms with Gasteiger partial charge in [-0.3, -0.25) is 14.4 Å². The standard InChI is InChI=1S/C27H26O11/c1-10(28)27(33)8-12-18(15(9-27)36-16-7-14(35-3)25-26(37-16)38-25)24(32)20-19(22(12)30)21(29)11-5-4-6-13(34-2)17(11)23(20)31/h4-6,14-16,25-26,30,32-33H,7-9H2,1-3H3/t14?,15-,16?,25?,26?,27-/m0/s1. The van der Waals surface area contributed by atoms with Gasteiger partial charge in [0.15, 0.2) is 24.1 Å². The van der Waals surface area contributed by atoms with Crippen molar-refractivity contribution in [1.82, 2.24) is 0 Å². The third-order valence-electron chi connectivity index (χ3n) is 7.91. The zero-order valence-electron chi connectivity index (χ0n) is 20.8. The third kappa shape index (κ3) is 3.50. The highest BCUT2D eigenvalue weighted by Crippen LogP contribution is 2.53. The Hall–Kier alpha value is -3.35. The van der Waals surface area contributed by atoms with Crippen molar-refractivity contribution in [2.24, 2.45) is 0 Å². The molecule has 2 aromatic rings. The molecule has 2 saturated heterocycles. The van der Waals surface area contributed by atoms with E-state index in [1.165, 1.54) is 39.3 Å². The normalized spacial score (nSPS) is 31.1. The fourth-order valence-electron chi connectivity index (χ4n) is 5.81. The van der Waals surface area contributed by atoms with Crippen LogP contribution in [0.3, 0.4) is 0 Å². The molecule has 0 saturated carbocycles. The highest BCUT2D eigenvalue weighted by Gasteiger charge is 2.54. The van der Waals surface area contributed by atoms with Crippen molar-refractivity contribution in [3.8, 4) is 17.2 Å². The Morgan fingerprint density at radius 3 is 2.47 bits per heavy atom. The van der Waals surface area contributed by atoms with Crippen LogP contribution < -0.4 is 4.74 Å². The molecule has 11 nitrogen and oxygen atoms in total. The van der Waals surface area contributed by atoms with E-state index < -0.39 is 70.7 Å². The van der Waals surface area contributed by atoms with E-state index in [4.69, 9.17) is 23.7 Å². The molecule has 2 heterocycles. The van der Waals surface area contributed by atoms with Gasteiger partial charge in [0.2, 0.25) is 5.78 Å². The van der Waals surface area contributed by atoms with Gasteiger partial charge in [-0.05, 0) is 13.0 Å². The van der Waals surface area contributed by atoms with E-state index >= 15 is 0 Å². The van der Waals surface area contributed by atoms with Crippen molar-refractivity contribution < 1.29 is 53.4 Å². The van der Waals surface area contributed by atoms with Gasteiger partial charge in [-0.25, -0.2) is 0 Å². The predicted molar refractivity (Wildman–Crippen MR) is 126 cm³/mol. The van der Waals surface area contributed by atoms with Gasteiger partial charge in [-0.15, -0.1) is 0 Å². The first kappa shape index (κ1) is 25.0.